The van der Waals surface area contributed by atoms with Gasteiger partial charge in [0.25, 0.3) is 5.91 Å². The molecule has 216 valence electrons. The van der Waals surface area contributed by atoms with Gasteiger partial charge in [0, 0.05) is 30.2 Å². The molecule has 1 heterocycles. The number of benzene rings is 1. The van der Waals surface area contributed by atoms with Gasteiger partial charge in [0.2, 0.25) is 15.9 Å². The van der Waals surface area contributed by atoms with Crippen LogP contribution in [0.1, 0.15) is 43.7 Å². The highest BCUT2D eigenvalue weighted by Gasteiger charge is 2.32. The minimum Gasteiger partial charge on any atom is -0.493 e. The largest absolute Gasteiger partial charge is 0.493 e. The van der Waals surface area contributed by atoms with Crippen LogP contribution in [0.4, 0.5) is 13.2 Å². The third kappa shape index (κ3) is 11.8. The number of sulfonamides is 1. The van der Waals surface area contributed by atoms with Crippen LogP contribution >= 0.6 is 11.6 Å². The number of nitrogens with one attached hydrogen (secondary N) is 1. The fourth-order valence-electron chi connectivity index (χ4n) is 3.05. The zero-order valence-corrected chi connectivity index (χ0v) is 23.5. The highest BCUT2D eigenvalue weighted by Crippen LogP contribution is 2.36. The van der Waals surface area contributed by atoms with Gasteiger partial charge in [-0.1, -0.05) is 31.4 Å². The van der Waals surface area contributed by atoms with Gasteiger partial charge >= 0.3 is 6.18 Å². The number of hydrogen-bond acceptors (Lipinski definition) is 8. The highest BCUT2D eigenvalue weighted by molar-refractivity contribution is 7.90. The molecule has 0 aliphatic heterocycles. The maximum Gasteiger partial charge on any atom is 0.417 e. The van der Waals surface area contributed by atoms with E-state index in [2.05, 4.69) is 4.98 Å². The molecule has 39 heavy (non-hydrogen) atoms. The molecule has 0 aliphatic rings. The quantitative estimate of drug-likeness (QED) is 0.233. The predicted molar refractivity (Wildman–Crippen MR) is 141 cm³/mol. The van der Waals surface area contributed by atoms with Crippen molar-refractivity contribution in [1.29, 1.82) is 0 Å². The average molecular weight is 613 g/mol. The molecule has 0 atom stereocenters. The van der Waals surface area contributed by atoms with E-state index >= 15 is 0 Å². The molecule has 1 aromatic carbocycles. The summed E-state index contributed by atoms with van der Waals surface area (Å²) in [5.41, 5.74) is -0.866. The molecule has 1 amide bonds. The average Bonchev–Trinajstić information content (AvgIpc) is 2.81. The lowest BCUT2D eigenvalue weighted by Gasteiger charge is -2.13. The summed E-state index contributed by atoms with van der Waals surface area (Å²) >= 11 is 5.95. The second-order valence-corrected chi connectivity index (χ2v) is 13.0. The topological polar surface area (TPSA) is 129 Å². The minimum atomic E-state index is -4.67. The third-order valence-electron chi connectivity index (χ3n) is 4.94. The van der Waals surface area contributed by atoms with Crippen molar-refractivity contribution < 1.29 is 44.3 Å². The Morgan fingerprint density at radius 3 is 2.44 bits per heavy atom. The molecule has 0 saturated heterocycles. The van der Waals surface area contributed by atoms with E-state index in [1.54, 1.807) is 0 Å². The van der Waals surface area contributed by atoms with Crippen LogP contribution in [0.25, 0.3) is 6.08 Å². The Balaban J connectivity index is 2.28. The van der Waals surface area contributed by atoms with Crippen LogP contribution < -0.4 is 14.2 Å². The summed E-state index contributed by atoms with van der Waals surface area (Å²) in [7, 11) is -7.02. The van der Waals surface area contributed by atoms with Gasteiger partial charge in [0.15, 0.2) is 0 Å². The number of pyridine rings is 1. The Morgan fingerprint density at radius 1 is 1.10 bits per heavy atom. The third-order valence-corrected chi connectivity index (χ3v) is 7.58. The molecule has 2 rings (SSSR count). The molecular formula is C24H28ClF3N2O7S2. The van der Waals surface area contributed by atoms with Crippen molar-refractivity contribution in [3.05, 3.63) is 52.7 Å². The molecule has 0 fully saturated rings. The molecule has 0 bridgehead atoms. The van der Waals surface area contributed by atoms with E-state index in [-0.39, 0.29) is 47.5 Å². The van der Waals surface area contributed by atoms with Crippen LogP contribution in [-0.4, -0.2) is 52.1 Å². The lowest BCUT2D eigenvalue weighted by Crippen LogP contribution is -2.31. The van der Waals surface area contributed by atoms with Crippen LogP contribution in [0.2, 0.25) is 5.02 Å². The molecule has 0 unspecified atom stereocenters. The molecular weight excluding hydrogens is 585 g/mol. The Bertz CT molecular complexity index is 1400. The van der Waals surface area contributed by atoms with Gasteiger partial charge in [-0.25, -0.2) is 26.5 Å². The maximum absolute atomic E-state index is 13.0. The summed E-state index contributed by atoms with van der Waals surface area (Å²) in [6.07, 6.45) is 1.24. The van der Waals surface area contributed by atoms with E-state index in [1.165, 1.54) is 24.3 Å². The Kier molecular flexibility index (Phi) is 11.6. The Hall–Kier alpha value is -2.84. The zero-order chi connectivity index (χ0) is 29.3. The first-order valence-electron chi connectivity index (χ1n) is 11.7. The SMILES string of the molecule is CCCCCS(=O)(=O)NC(=O)/C=C/c1ccc(OCCCS(C)(=O)=O)cc1Oc1ncc(C(F)(F)F)cc1Cl. The van der Waals surface area contributed by atoms with Crippen LogP contribution in [-0.2, 0) is 30.8 Å². The van der Waals surface area contributed by atoms with Crippen molar-refractivity contribution in [3.8, 4) is 17.4 Å². The molecule has 15 heteroatoms. The number of carbonyl (C=O) groups excluding carboxylic acids is 1. The summed E-state index contributed by atoms with van der Waals surface area (Å²) in [5.74, 6) is -1.39. The molecule has 9 nitrogen and oxygen atoms in total. The number of hydrogen-bond donors (Lipinski definition) is 1. The van der Waals surface area contributed by atoms with Gasteiger partial charge in [-0.3, -0.25) is 4.79 Å². The second kappa shape index (κ2) is 14.0. The van der Waals surface area contributed by atoms with Gasteiger partial charge in [-0.15, -0.1) is 0 Å². The second-order valence-electron chi connectivity index (χ2n) is 8.47. The van der Waals surface area contributed by atoms with E-state index in [9.17, 15) is 34.8 Å². The van der Waals surface area contributed by atoms with Crippen LogP contribution in [0, 0.1) is 0 Å². The van der Waals surface area contributed by atoms with E-state index in [0.717, 1.165) is 18.8 Å². The molecule has 0 aliphatic carbocycles. The number of carbonyl (C=O) groups is 1. The normalized spacial score (nSPS) is 12.5. The lowest BCUT2D eigenvalue weighted by molar-refractivity contribution is -0.137. The van der Waals surface area contributed by atoms with E-state index < -0.39 is 42.5 Å². The fourth-order valence-corrected chi connectivity index (χ4v) is 4.96. The van der Waals surface area contributed by atoms with Gasteiger partial charge in [-0.05, 0) is 37.1 Å². The number of amides is 1. The van der Waals surface area contributed by atoms with Crippen molar-refractivity contribution in [3.63, 3.8) is 0 Å². The monoisotopic (exact) mass is 612 g/mol. The standard InChI is InChI=1S/C24H28ClF3N2O7S2/c1-3-4-5-13-39(34,35)30-22(31)10-8-17-7-9-19(36-11-6-12-38(2,32)33)15-21(17)37-23-20(25)14-18(16-29-23)24(26,27)28/h7-10,14-16H,3-6,11-13H2,1-2H3,(H,30,31)/b10-8+. The number of nitrogens with zero attached hydrogens (tertiary/aromatic N) is 1. The number of alkyl halides is 3. The summed E-state index contributed by atoms with van der Waals surface area (Å²) in [5, 5.41) is -0.435. The fraction of sp³-hybridized carbons (Fsp3) is 0.417. The van der Waals surface area contributed by atoms with Crippen LogP contribution in [0.3, 0.4) is 0 Å². The van der Waals surface area contributed by atoms with E-state index in [1.807, 2.05) is 11.6 Å². The number of sulfone groups is 1. The Morgan fingerprint density at radius 2 is 1.82 bits per heavy atom. The summed E-state index contributed by atoms with van der Waals surface area (Å²) in [4.78, 5) is 15.8. The first-order chi connectivity index (χ1) is 18.1. The van der Waals surface area contributed by atoms with Crippen molar-refractivity contribution in [2.45, 2.75) is 38.8 Å². The van der Waals surface area contributed by atoms with Crippen molar-refractivity contribution >= 4 is 43.4 Å². The van der Waals surface area contributed by atoms with E-state index in [0.29, 0.717) is 25.1 Å². The molecule has 0 saturated carbocycles. The van der Waals surface area contributed by atoms with Gasteiger partial charge in [-0.2, -0.15) is 13.2 Å². The highest BCUT2D eigenvalue weighted by atomic mass is 35.5. The smallest absolute Gasteiger partial charge is 0.417 e. The van der Waals surface area contributed by atoms with Gasteiger partial charge in [0.05, 0.1) is 23.7 Å². The Labute approximate surface area is 230 Å². The predicted octanol–water partition coefficient (Wildman–Crippen LogP) is 5.01. The number of unbranched alkanes of at least 4 members (excludes halogenated alkanes) is 2. The number of rotatable bonds is 14. The summed E-state index contributed by atoms with van der Waals surface area (Å²) in [6.45, 7) is 1.95. The van der Waals surface area contributed by atoms with Gasteiger partial charge in [0.1, 0.15) is 26.4 Å². The molecule has 1 aromatic heterocycles. The number of ether oxygens (including phenoxy) is 2. The van der Waals surface area contributed by atoms with E-state index in [4.69, 9.17) is 21.1 Å². The van der Waals surface area contributed by atoms with Crippen molar-refractivity contribution in [2.24, 2.45) is 0 Å². The molecule has 0 spiro atoms. The lowest BCUT2D eigenvalue weighted by atomic mass is 10.1. The summed E-state index contributed by atoms with van der Waals surface area (Å²) < 4.78 is 98.7. The molecule has 0 radical (unpaired) electrons. The minimum absolute atomic E-state index is 0.0281. The van der Waals surface area contributed by atoms with Crippen molar-refractivity contribution in [2.75, 3.05) is 24.4 Å². The zero-order valence-electron chi connectivity index (χ0n) is 21.1. The van der Waals surface area contributed by atoms with Gasteiger partial charge < -0.3 is 9.47 Å². The van der Waals surface area contributed by atoms with Crippen LogP contribution in [0.5, 0.6) is 17.4 Å². The maximum atomic E-state index is 13.0. The van der Waals surface area contributed by atoms with Crippen LogP contribution in [0.15, 0.2) is 36.5 Å². The first-order valence-corrected chi connectivity index (χ1v) is 15.8. The number of halogens is 4. The summed E-state index contributed by atoms with van der Waals surface area (Å²) in [6, 6.07) is 4.91. The molecule has 1 N–H and O–H groups in total. The number of aromatic nitrogens is 1. The molecule has 2 aromatic rings. The first kappa shape index (κ1) is 32.4. The van der Waals surface area contributed by atoms with Crippen molar-refractivity contribution in [1.82, 2.24) is 9.71 Å².